The fourth-order valence-electron chi connectivity index (χ4n) is 3.21. The van der Waals surface area contributed by atoms with Crippen LogP contribution in [0.5, 0.6) is 0 Å². The minimum atomic E-state index is -3.28. The summed E-state index contributed by atoms with van der Waals surface area (Å²) in [6.45, 7) is 4.87. The third-order valence-corrected chi connectivity index (χ3v) is 6.43. The largest absolute Gasteiger partial charge is 0.469 e. The third-order valence-electron chi connectivity index (χ3n) is 5.10. The fourth-order valence-corrected chi connectivity index (χ4v) is 4.17. The Kier molecular flexibility index (Phi) is 10.9. The Hall–Kier alpha value is -0.620. The maximum atomic E-state index is 12.1. The van der Waals surface area contributed by atoms with E-state index < -0.39 is 10.0 Å². The molecule has 0 atom stereocenters. The lowest BCUT2D eigenvalue weighted by Crippen LogP contribution is -2.47. The van der Waals surface area contributed by atoms with Gasteiger partial charge in [-0.15, -0.1) is 24.0 Å². The highest BCUT2D eigenvalue weighted by Crippen LogP contribution is 2.25. The standard InChI is InChI=1S/C17H32N4O4S.HI/c1-3-18-17(21-10-7-15(8-11-21)16(22)25-2)19-9-12-26(23,24)20-13-14-5-4-6-14;/h14-15,20H,3-13H2,1-2H3,(H,18,19);1H. The van der Waals surface area contributed by atoms with Crippen molar-refractivity contribution in [2.75, 3.05) is 45.6 Å². The van der Waals surface area contributed by atoms with E-state index in [-0.39, 0.29) is 48.2 Å². The lowest BCUT2D eigenvalue weighted by atomic mass is 9.86. The third kappa shape index (κ3) is 8.10. The van der Waals surface area contributed by atoms with E-state index in [4.69, 9.17) is 4.74 Å². The topological polar surface area (TPSA) is 100 Å². The van der Waals surface area contributed by atoms with Crippen LogP contribution in [0.15, 0.2) is 4.99 Å². The number of guanidine groups is 1. The van der Waals surface area contributed by atoms with Gasteiger partial charge in [-0.05, 0) is 38.5 Å². The lowest BCUT2D eigenvalue weighted by Gasteiger charge is -2.33. The van der Waals surface area contributed by atoms with Gasteiger partial charge in [-0.2, -0.15) is 0 Å². The Bertz CT molecular complexity index is 588. The molecule has 2 N–H and O–H groups in total. The number of hydrogen-bond acceptors (Lipinski definition) is 5. The van der Waals surface area contributed by atoms with Gasteiger partial charge in [0.2, 0.25) is 10.0 Å². The van der Waals surface area contributed by atoms with Crippen LogP contribution in [-0.4, -0.2) is 70.8 Å². The SMILES string of the molecule is CCNC(=NCCS(=O)(=O)NCC1CCC1)N1CCC(C(=O)OC)CC1.I. The normalized spacial score (nSPS) is 19.2. The molecule has 0 aromatic carbocycles. The Morgan fingerprint density at radius 1 is 1.22 bits per heavy atom. The summed E-state index contributed by atoms with van der Waals surface area (Å²) in [6.07, 6.45) is 4.88. The minimum absolute atomic E-state index is 0. The number of methoxy groups -OCH3 is 1. The summed E-state index contributed by atoms with van der Waals surface area (Å²) in [5, 5.41) is 3.21. The molecule has 0 amide bonds. The zero-order valence-electron chi connectivity index (χ0n) is 16.3. The number of esters is 1. The summed E-state index contributed by atoms with van der Waals surface area (Å²) in [7, 11) is -1.87. The van der Waals surface area contributed by atoms with Crippen molar-refractivity contribution in [2.45, 2.75) is 39.0 Å². The Morgan fingerprint density at radius 2 is 1.89 bits per heavy atom. The summed E-state index contributed by atoms with van der Waals surface area (Å²) in [4.78, 5) is 18.2. The highest BCUT2D eigenvalue weighted by atomic mass is 127. The number of sulfonamides is 1. The first-order chi connectivity index (χ1) is 12.4. The van der Waals surface area contributed by atoms with Crippen molar-refractivity contribution in [3.63, 3.8) is 0 Å². The monoisotopic (exact) mass is 516 g/mol. The zero-order valence-corrected chi connectivity index (χ0v) is 19.4. The first-order valence-corrected chi connectivity index (χ1v) is 11.2. The van der Waals surface area contributed by atoms with Gasteiger partial charge in [-0.1, -0.05) is 6.42 Å². The Labute approximate surface area is 180 Å². The molecule has 1 heterocycles. The van der Waals surface area contributed by atoms with Gasteiger partial charge in [0.15, 0.2) is 5.96 Å². The number of piperidine rings is 1. The predicted molar refractivity (Wildman–Crippen MR) is 117 cm³/mol. The van der Waals surface area contributed by atoms with Gasteiger partial charge in [0.05, 0.1) is 25.3 Å². The van der Waals surface area contributed by atoms with Crippen molar-refractivity contribution in [1.29, 1.82) is 0 Å². The second-order valence-electron chi connectivity index (χ2n) is 6.98. The molecule has 27 heavy (non-hydrogen) atoms. The number of carbonyl (C=O) groups is 1. The van der Waals surface area contributed by atoms with Gasteiger partial charge >= 0.3 is 5.97 Å². The van der Waals surface area contributed by atoms with Crippen LogP contribution in [0.25, 0.3) is 0 Å². The van der Waals surface area contributed by atoms with E-state index in [1.807, 2.05) is 6.92 Å². The summed E-state index contributed by atoms with van der Waals surface area (Å²) in [6, 6.07) is 0. The molecular formula is C17H33IN4O4S. The van der Waals surface area contributed by atoms with Gasteiger partial charge < -0.3 is 15.0 Å². The van der Waals surface area contributed by atoms with Crippen molar-refractivity contribution in [1.82, 2.24) is 14.9 Å². The molecule has 0 aromatic heterocycles. The molecule has 0 bridgehead atoms. The van der Waals surface area contributed by atoms with Crippen molar-refractivity contribution >= 4 is 45.9 Å². The highest BCUT2D eigenvalue weighted by molar-refractivity contribution is 14.0. The molecule has 1 aliphatic heterocycles. The first-order valence-electron chi connectivity index (χ1n) is 9.53. The van der Waals surface area contributed by atoms with E-state index in [0.717, 1.165) is 25.7 Å². The van der Waals surface area contributed by atoms with Crippen molar-refractivity contribution < 1.29 is 17.9 Å². The number of aliphatic imine (C=N–C) groups is 1. The second-order valence-corrected chi connectivity index (χ2v) is 8.91. The molecule has 2 fully saturated rings. The second kappa shape index (κ2) is 12.1. The quantitative estimate of drug-likeness (QED) is 0.218. The van der Waals surface area contributed by atoms with Crippen molar-refractivity contribution in [2.24, 2.45) is 16.8 Å². The number of ether oxygens (including phenoxy) is 1. The molecule has 0 spiro atoms. The highest BCUT2D eigenvalue weighted by Gasteiger charge is 2.27. The number of carbonyl (C=O) groups excluding carboxylic acids is 1. The molecule has 0 radical (unpaired) electrons. The summed E-state index contributed by atoms with van der Waals surface area (Å²) >= 11 is 0. The molecule has 0 unspecified atom stereocenters. The molecule has 2 rings (SSSR count). The lowest BCUT2D eigenvalue weighted by molar-refractivity contribution is -0.146. The molecule has 1 saturated heterocycles. The number of nitrogens with one attached hydrogen (secondary N) is 2. The van der Waals surface area contributed by atoms with E-state index >= 15 is 0 Å². The smallest absolute Gasteiger partial charge is 0.308 e. The zero-order chi connectivity index (χ0) is 19.0. The molecule has 1 aliphatic carbocycles. The summed E-state index contributed by atoms with van der Waals surface area (Å²) in [5.74, 6) is 0.991. The average Bonchev–Trinajstić information content (AvgIpc) is 2.59. The minimum Gasteiger partial charge on any atom is -0.469 e. The van der Waals surface area contributed by atoms with Crippen LogP contribution in [-0.2, 0) is 19.6 Å². The van der Waals surface area contributed by atoms with E-state index in [0.29, 0.717) is 38.1 Å². The van der Waals surface area contributed by atoms with Crippen molar-refractivity contribution in [3.05, 3.63) is 0 Å². The van der Waals surface area contributed by atoms with E-state index in [9.17, 15) is 13.2 Å². The van der Waals surface area contributed by atoms with E-state index in [1.54, 1.807) is 0 Å². The number of nitrogens with zero attached hydrogens (tertiary/aromatic N) is 2. The van der Waals surface area contributed by atoms with Gasteiger partial charge in [-0.25, -0.2) is 13.1 Å². The Morgan fingerprint density at radius 3 is 2.41 bits per heavy atom. The van der Waals surface area contributed by atoms with E-state index in [2.05, 4.69) is 19.9 Å². The van der Waals surface area contributed by atoms with Crippen LogP contribution in [0.3, 0.4) is 0 Å². The number of rotatable bonds is 8. The molecule has 158 valence electrons. The number of halogens is 1. The Balaban J connectivity index is 0.00000364. The van der Waals surface area contributed by atoms with Crippen LogP contribution in [0.1, 0.15) is 39.0 Å². The van der Waals surface area contributed by atoms with Crippen LogP contribution in [0.2, 0.25) is 0 Å². The maximum Gasteiger partial charge on any atom is 0.308 e. The molecule has 2 aliphatic rings. The summed E-state index contributed by atoms with van der Waals surface area (Å²) in [5.41, 5.74) is 0. The molecule has 10 heteroatoms. The average molecular weight is 516 g/mol. The molecule has 8 nitrogen and oxygen atoms in total. The predicted octanol–water partition coefficient (Wildman–Crippen LogP) is 1.17. The van der Waals surface area contributed by atoms with Crippen LogP contribution < -0.4 is 10.0 Å². The van der Waals surface area contributed by atoms with Crippen LogP contribution >= 0.6 is 24.0 Å². The van der Waals surface area contributed by atoms with Crippen LogP contribution in [0.4, 0.5) is 0 Å². The van der Waals surface area contributed by atoms with E-state index in [1.165, 1.54) is 13.5 Å². The van der Waals surface area contributed by atoms with Gasteiger partial charge in [-0.3, -0.25) is 9.79 Å². The summed E-state index contributed by atoms with van der Waals surface area (Å²) < 4.78 is 31.7. The van der Waals surface area contributed by atoms with Crippen LogP contribution in [0, 0.1) is 11.8 Å². The maximum absolute atomic E-state index is 12.1. The molecular weight excluding hydrogens is 483 g/mol. The number of likely N-dealkylation sites (tertiary alicyclic amines) is 1. The molecule has 1 saturated carbocycles. The fraction of sp³-hybridized carbons (Fsp3) is 0.882. The molecule has 0 aromatic rings. The van der Waals surface area contributed by atoms with Gasteiger partial charge in [0.25, 0.3) is 0 Å². The van der Waals surface area contributed by atoms with Gasteiger partial charge in [0, 0.05) is 26.2 Å². The van der Waals surface area contributed by atoms with Gasteiger partial charge in [0.1, 0.15) is 0 Å². The number of hydrogen-bond donors (Lipinski definition) is 2. The van der Waals surface area contributed by atoms with Crippen molar-refractivity contribution in [3.8, 4) is 0 Å². The first kappa shape index (κ1) is 24.4.